The second kappa shape index (κ2) is 12.6. The molecule has 1 rings (SSSR count). The van der Waals surface area contributed by atoms with Crippen molar-refractivity contribution in [3.63, 3.8) is 0 Å². The Hall–Kier alpha value is -1.76. The lowest BCUT2D eigenvalue weighted by molar-refractivity contribution is 0.309. The lowest BCUT2D eigenvalue weighted by Gasteiger charge is -2.26. The summed E-state index contributed by atoms with van der Waals surface area (Å²) < 4.78 is 6.00. The van der Waals surface area contributed by atoms with Gasteiger partial charge in [-0.25, -0.2) is 0 Å². The molecule has 1 aromatic rings. The normalized spacial score (nSPS) is 10.4. The lowest BCUT2D eigenvalue weighted by atomic mass is 10.1. The monoisotopic (exact) mass is 332 g/mol. The van der Waals surface area contributed by atoms with E-state index in [1.54, 1.807) is 0 Å². The van der Waals surface area contributed by atoms with Crippen LogP contribution in [0.25, 0.3) is 4.98 Å². The molecule has 0 aromatic heterocycles. The van der Waals surface area contributed by atoms with Crippen molar-refractivity contribution in [2.45, 2.75) is 72.1 Å². The fourth-order valence-electron chi connectivity index (χ4n) is 2.73. The summed E-state index contributed by atoms with van der Waals surface area (Å²) in [6.07, 6.45) is 9.49. The van der Waals surface area contributed by atoms with E-state index in [1.807, 2.05) is 18.2 Å². The Kier molecular flexibility index (Phi) is 10.7. The molecule has 0 saturated heterocycles. The van der Waals surface area contributed by atoms with Crippen LogP contribution in [0.15, 0.2) is 18.2 Å². The SMILES string of the molecule is CCCCCN(CCCCC)c1ccc([N+]#N)cc1OCCCC. The predicted octanol–water partition coefficient (Wildman–Crippen LogP) is 6.54. The molecule has 0 spiro atoms. The minimum absolute atomic E-state index is 0.548. The Morgan fingerprint density at radius 2 is 1.54 bits per heavy atom. The first kappa shape index (κ1) is 20.3. The molecule has 24 heavy (non-hydrogen) atoms. The van der Waals surface area contributed by atoms with Crippen LogP contribution in [-0.4, -0.2) is 19.7 Å². The molecule has 0 saturated carbocycles. The summed E-state index contributed by atoms with van der Waals surface area (Å²) in [7, 11) is 0. The third-order valence-electron chi connectivity index (χ3n) is 4.22. The molecule has 0 fully saturated rings. The number of hydrogen-bond acceptors (Lipinski definition) is 3. The Balaban J connectivity index is 2.92. The van der Waals surface area contributed by atoms with Gasteiger partial charge in [0.15, 0.2) is 10.7 Å². The van der Waals surface area contributed by atoms with Crippen molar-refractivity contribution < 1.29 is 4.74 Å². The Bertz CT molecular complexity index is 486. The second-order valence-electron chi connectivity index (χ2n) is 6.36. The Morgan fingerprint density at radius 3 is 2.08 bits per heavy atom. The number of diazo groups is 1. The van der Waals surface area contributed by atoms with Crippen LogP contribution in [0.4, 0.5) is 11.4 Å². The first-order chi connectivity index (χ1) is 11.8. The van der Waals surface area contributed by atoms with Gasteiger partial charge >= 0.3 is 5.69 Å². The maximum absolute atomic E-state index is 9.07. The van der Waals surface area contributed by atoms with E-state index in [1.165, 1.54) is 38.5 Å². The van der Waals surface area contributed by atoms with Crippen LogP contribution < -0.4 is 9.64 Å². The van der Waals surface area contributed by atoms with Crippen LogP contribution in [0.3, 0.4) is 0 Å². The first-order valence-electron chi connectivity index (χ1n) is 9.63. The largest absolute Gasteiger partial charge is 0.491 e. The molecule has 4 heteroatoms. The van der Waals surface area contributed by atoms with E-state index >= 15 is 0 Å². The fraction of sp³-hybridized carbons (Fsp3) is 0.700. The summed E-state index contributed by atoms with van der Waals surface area (Å²) in [5.41, 5.74) is 1.68. The number of rotatable bonds is 13. The third kappa shape index (κ3) is 7.21. The number of unbranched alkanes of at least 4 members (excludes halogenated alkanes) is 5. The van der Waals surface area contributed by atoms with Gasteiger partial charge in [0.25, 0.3) is 0 Å². The highest BCUT2D eigenvalue weighted by molar-refractivity contribution is 5.65. The highest BCUT2D eigenvalue weighted by Gasteiger charge is 2.17. The zero-order chi connectivity index (χ0) is 17.6. The average molecular weight is 333 g/mol. The van der Waals surface area contributed by atoms with Gasteiger partial charge < -0.3 is 9.64 Å². The molecule has 0 aliphatic heterocycles. The summed E-state index contributed by atoms with van der Waals surface area (Å²) >= 11 is 0. The molecule has 0 N–H and O–H groups in total. The van der Waals surface area contributed by atoms with Crippen molar-refractivity contribution in [3.05, 3.63) is 23.2 Å². The minimum atomic E-state index is 0.548. The summed E-state index contributed by atoms with van der Waals surface area (Å²) in [6.45, 7) is 9.44. The van der Waals surface area contributed by atoms with Crippen molar-refractivity contribution in [2.75, 3.05) is 24.6 Å². The zero-order valence-electron chi connectivity index (χ0n) is 15.8. The highest BCUT2D eigenvalue weighted by atomic mass is 16.5. The van der Waals surface area contributed by atoms with Crippen molar-refractivity contribution in [1.29, 1.82) is 5.39 Å². The van der Waals surface area contributed by atoms with Crippen LogP contribution in [0.2, 0.25) is 0 Å². The van der Waals surface area contributed by atoms with Gasteiger partial charge in [-0.1, -0.05) is 52.9 Å². The van der Waals surface area contributed by atoms with E-state index in [4.69, 9.17) is 10.1 Å². The standard InChI is InChI=1S/C20H34N3O/c1-4-7-10-14-23(15-11-8-5-2)19-13-12-18(22-21)17-20(19)24-16-9-6-3/h12-13,17H,4-11,14-16H2,1-3H3/q+1. The molecular formula is C20H34N3O+. The van der Waals surface area contributed by atoms with Crippen molar-refractivity contribution >= 4 is 11.4 Å². The summed E-state index contributed by atoms with van der Waals surface area (Å²) in [5.74, 6) is 0.840. The average Bonchev–Trinajstić information content (AvgIpc) is 2.61. The molecular weight excluding hydrogens is 298 g/mol. The van der Waals surface area contributed by atoms with Crippen molar-refractivity contribution in [1.82, 2.24) is 0 Å². The topological polar surface area (TPSA) is 40.6 Å². The maximum atomic E-state index is 9.07. The molecule has 4 nitrogen and oxygen atoms in total. The Morgan fingerprint density at radius 1 is 0.917 bits per heavy atom. The van der Waals surface area contributed by atoms with Crippen LogP contribution in [-0.2, 0) is 0 Å². The number of anilines is 1. The van der Waals surface area contributed by atoms with E-state index in [0.29, 0.717) is 12.3 Å². The Labute approximate surface area is 147 Å². The van der Waals surface area contributed by atoms with Gasteiger partial charge in [0, 0.05) is 19.2 Å². The van der Waals surface area contributed by atoms with Gasteiger partial charge in [-0.15, -0.1) is 0 Å². The number of ether oxygens (including phenoxy) is 1. The molecule has 1 aromatic carbocycles. The molecule has 134 valence electrons. The van der Waals surface area contributed by atoms with Crippen molar-refractivity contribution in [3.8, 4) is 5.75 Å². The summed E-state index contributed by atoms with van der Waals surface area (Å²) in [6, 6.07) is 5.74. The summed E-state index contributed by atoms with van der Waals surface area (Å²) in [5, 5.41) is 9.07. The third-order valence-corrected chi connectivity index (χ3v) is 4.22. The van der Waals surface area contributed by atoms with Gasteiger partial charge in [0.05, 0.1) is 18.4 Å². The smallest absolute Gasteiger partial charge is 0.388 e. The maximum Gasteiger partial charge on any atom is 0.388 e. The lowest BCUT2D eigenvalue weighted by Crippen LogP contribution is -2.26. The van der Waals surface area contributed by atoms with E-state index in [0.717, 1.165) is 37.4 Å². The molecule has 0 atom stereocenters. The molecule has 0 amide bonds. The summed E-state index contributed by atoms with van der Waals surface area (Å²) in [4.78, 5) is 5.75. The zero-order valence-corrected chi connectivity index (χ0v) is 15.8. The molecule has 0 bridgehead atoms. The van der Waals surface area contributed by atoms with Crippen molar-refractivity contribution in [2.24, 2.45) is 0 Å². The van der Waals surface area contributed by atoms with Gasteiger partial charge in [-0.05, 0) is 25.3 Å². The van der Waals surface area contributed by atoms with Gasteiger partial charge in [-0.3, -0.25) is 0 Å². The number of nitrogens with zero attached hydrogens (tertiary/aromatic N) is 3. The molecule has 0 aliphatic carbocycles. The molecule has 0 radical (unpaired) electrons. The van der Waals surface area contributed by atoms with Gasteiger partial charge in [0.2, 0.25) is 5.39 Å². The number of hydrogen-bond donors (Lipinski definition) is 0. The minimum Gasteiger partial charge on any atom is -0.491 e. The van der Waals surface area contributed by atoms with Gasteiger partial charge in [-0.2, -0.15) is 0 Å². The molecule has 0 aliphatic rings. The quantitative estimate of drug-likeness (QED) is 0.304. The van der Waals surface area contributed by atoms with Crippen LogP contribution in [0, 0.1) is 5.39 Å². The fourth-order valence-corrected chi connectivity index (χ4v) is 2.73. The number of benzene rings is 1. The van der Waals surface area contributed by atoms with Gasteiger partial charge in [0.1, 0.15) is 0 Å². The molecule has 0 heterocycles. The van der Waals surface area contributed by atoms with E-state index in [-0.39, 0.29) is 0 Å². The van der Waals surface area contributed by atoms with Crippen LogP contribution in [0.1, 0.15) is 72.1 Å². The van der Waals surface area contributed by atoms with E-state index in [9.17, 15) is 0 Å². The second-order valence-corrected chi connectivity index (χ2v) is 6.36. The van der Waals surface area contributed by atoms with E-state index in [2.05, 4.69) is 30.6 Å². The first-order valence-corrected chi connectivity index (χ1v) is 9.63. The highest BCUT2D eigenvalue weighted by Crippen LogP contribution is 2.33. The molecule has 0 unspecified atom stereocenters. The predicted molar refractivity (Wildman–Crippen MR) is 103 cm³/mol. The van der Waals surface area contributed by atoms with Crippen LogP contribution >= 0.6 is 0 Å². The van der Waals surface area contributed by atoms with Crippen LogP contribution in [0.5, 0.6) is 5.75 Å². The van der Waals surface area contributed by atoms with E-state index < -0.39 is 0 Å².